The second-order valence-electron chi connectivity index (χ2n) is 5.77. The summed E-state index contributed by atoms with van der Waals surface area (Å²) in [5.41, 5.74) is 1.97. The van der Waals surface area contributed by atoms with Crippen LogP contribution in [0.25, 0.3) is 0 Å². The van der Waals surface area contributed by atoms with E-state index in [1.165, 1.54) is 44.0 Å². The summed E-state index contributed by atoms with van der Waals surface area (Å²) >= 11 is 1.50. The molecule has 0 atom stereocenters. The number of carbonyl (C=O) groups is 1. The molecule has 7 heteroatoms. The number of amides is 1. The quantitative estimate of drug-likeness (QED) is 0.700. The molecule has 1 saturated carbocycles. The fourth-order valence-electron chi connectivity index (χ4n) is 2.86. The number of hydrogen-bond acceptors (Lipinski definition) is 4. The number of rotatable bonds is 5. The molecule has 1 radical (unpaired) electrons. The van der Waals surface area contributed by atoms with Gasteiger partial charge in [0.2, 0.25) is 5.91 Å². The molecular formula is C18H26N4OSY-2. The van der Waals surface area contributed by atoms with Gasteiger partial charge < -0.3 is 20.2 Å². The Kier molecular flexibility index (Phi) is 11.5. The zero-order valence-electron chi connectivity index (χ0n) is 15.2. The summed E-state index contributed by atoms with van der Waals surface area (Å²) in [6, 6.07) is 5.96. The molecule has 5 nitrogen and oxygen atoms in total. The van der Waals surface area contributed by atoms with E-state index in [9.17, 15) is 4.79 Å². The van der Waals surface area contributed by atoms with Crippen molar-refractivity contribution in [3.8, 4) is 0 Å². The van der Waals surface area contributed by atoms with Crippen LogP contribution in [0.1, 0.15) is 37.7 Å². The van der Waals surface area contributed by atoms with Gasteiger partial charge in [0, 0.05) is 61.7 Å². The van der Waals surface area contributed by atoms with Gasteiger partial charge in [0.05, 0.1) is 0 Å². The smallest absolute Gasteiger partial charge is 0.224 e. The molecule has 3 rings (SSSR count). The van der Waals surface area contributed by atoms with Gasteiger partial charge in [-0.2, -0.15) is 4.09 Å². The molecule has 1 amide bonds. The van der Waals surface area contributed by atoms with E-state index >= 15 is 0 Å². The first kappa shape index (κ1) is 24.3. The number of aryl methyl sites for hydroxylation is 1. The number of carbonyl (C=O) groups excluding carboxylic acids is 1. The Morgan fingerprint density at radius 2 is 2.04 bits per heavy atom. The average molecular weight is 435 g/mol. The van der Waals surface area contributed by atoms with Crippen LogP contribution in [-0.4, -0.2) is 20.1 Å². The summed E-state index contributed by atoms with van der Waals surface area (Å²) < 4.78 is 1.71. The molecule has 1 aromatic carbocycles. The van der Waals surface area contributed by atoms with Crippen molar-refractivity contribution in [3.05, 3.63) is 51.3 Å². The van der Waals surface area contributed by atoms with Crippen molar-refractivity contribution in [1.29, 1.82) is 0 Å². The zero-order chi connectivity index (χ0) is 15.4. The third kappa shape index (κ3) is 7.20. The predicted molar refractivity (Wildman–Crippen MR) is 100 cm³/mol. The second-order valence-corrected chi connectivity index (χ2v) is 6.77. The van der Waals surface area contributed by atoms with Gasteiger partial charge in [-0.25, -0.2) is 4.98 Å². The van der Waals surface area contributed by atoms with Crippen molar-refractivity contribution in [2.24, 2.45) is 5.92 Å². The summed E-state index contributed by atoms with van der Waals surface area (Å²) in [6.07, 6.45) is 8.76. The van der Waals surface area contributed by atoms with E-state index in [-0.39, 0.29) is 53.5 Å². The summed E-state index contributed by atoms with van der Waals surface area (Å²) in [5, 5.41) is 7.09. The summed E-state index contributed by atoms with van der Waals surface area (Å²) in [5.74, 6) is 0.700. The Balaban J connectivity index is 0.00000192. The maximum absolute atomic E-state index is 12.1. The molecule has 0 unspecified atom stereocenters. The molecule has 0 bridgehead atoms. The zero-order valence-corrected chi connectivity index (χ0v) is 18.9. The van der Waals surface area contributed by atoms with Crippen molar-refractivity contribution < 1.29 is 37.5 Å². The molecule has 0 spiro atoms. The van der Waals surface area contributed by atoms with E-state index in [1.54, 1.807) is 10.4 Å². The maximum atomic E-state index is 12.1. The van der Waals surface area contributed by atoms with Crippen LogP contribution in [0.5, 0.6) is 0 Å². The molecular weight excluding hydrogens is 409 g/mol. The molecule has 0 aliphatic heterocycles. The van der Waals surface area contributed by atoms with Gasteiger partial charge in [-0.3, -0.25) is 4.79 Å². The molecule has 135 valence electrons. The van der Waals surface area contributed by atoms with Gasteiger partial charge in [0.1, 0.15) is 12.7 Å². The van der Waals surface area contributed by atoms with Crippen molar-refractivity contribution in [3.63, 3.8) is 0 Å². The van der Waals surface area contributed by atoms with E-state index in [2.05, 4.69) is 15.4 Å². The van der Waals surface area contributed by atoms with Crippen molar-refractivity contribution in [2.45, 2.75) is 43.9 Å². The van der Waals surface area contributed by atoms with Gasteiger partial charge in [0.25, 0.3) is 0 Å². The fraction of sp³-hybridized carbons (Fsp3) is 0.389. The van der Waals surface area contributed by atoms with Crippen molar-refractivity contribution in [1.82, 2.24) is 14.2 Å². The van der Waals surface area contributed by atoms with Crippen LogP contribution in [0.3, 0.4) is 0 Å². The molecule has 1 aromatic heterocycles. The van der Waals surface area contributed by atoms with Crippen LogP contribution >= 0.6 is 11.9 Å². The van der Waals surface area contributed by atoms with Gasteiger partial charge in [0.15, 0.2) is 0 Å². The minimum absolute atomic E-state index is 0. The first-order valence-electron chi connectivity index (χ1n) is 7.64. The van der Waals surface area contributed by atoms with Crippen LogP contribution < -0.4 is 5.32 Å². The summed E-state index contributed by atoms with van der Waals surface area (Å²) in [7, 11) is 0. The van der Waals surface area contributed by atoms with E-state index < -0.39 is 0 Å². The standard InChI is InChI=1S/C16H20N4OS.2CH3.Y/c1-12-8-14(19-16(21)9-13-4-2-3-5-13)6-7-15(12)22-20-11-17-10-18-20;;;/h6-8,10-11,13H,2-5,9H2,1H3,(H,19,21);2*1H3;/q;2*-1;. The van der Waals surface area contributed by atoms with Gasteiger partial charge in [-0.15, -0.1) is 5.10 Å². The Bertz CT molecular complexity index is 643. The number of nitrogens with zero attached hydrogens (tertiary/aromatic N) is 3. The second kappa shape index (κ2) is 11.8. The molecule has 1 aliphatic carbocycles. The Morgan fingerprint density at radius 3 is 2.64 bits per heavy atom. The minimum Gasteiger partial charge on any atom is -0.358 e. The topological polar surface area (TPSA) is 59.8 Å². The van der Waals surface area contributed by atoms with Crippen LogP contribution in [0, 0.1) is 27.7 Å². The molecule has 1 aliphatic rings. The summed E-state index contributed by atoms with van der Waals surface area (Å²) in [6.45, 7) is 2.03. The van der Waals surface area contributed by atoms with E-state index in [0.29, 0.717) is 12.3 Å². The normalized spacial score (nSPS) is 13.3. The molecule has 25 heavy (non-hydrogen) atoms. The minimum atomic E-state index is 0. The summed E-state index contributed by atoms with van der Waals surface area (Å²) in [4.78, 5) is 17.1. The van der Waals surface area contributed by atoms with E-state index in [0.717, 1.165) is 16.1 Å². The molecule has 2 aromatic rings. The van der Waals surface area contributed by atoms with E-state index in [1.807, 2.05) is 25.1 Å². The van der Waals surface area contributed by atoms with Gasteiger partial charge in [-0.05, 0) is 49.4 Å². The SMILES string of the molecule is Cc1cc(NC(=O)CC2CCCC2)ccc1Sn1cncn1.[CH3-].[CH3-].[Y]. The Labute approximate surface area is 180 Å². The fourth-order valence-corrected chi connectivity index (χ4v) is 3.59. The van der Waals surface area contributed by atoms with Gasteiger partial charge in [-0.1, -0.05) is 12.8 Å². The van der Waals surface area contributed by atoms with E-state index in [4.69, 9.17) is 0 Å². The molecule has 1 fully saturated rings. The number of benzene rings is 1. The predicted octanol–water partition coefficient (Wildman–Crippen LogP) is 4.56. The van der Waals surface area contributed by atoms with Crippen molar-refractivity contribution >= 4 is 23.5 Å². The maximum Gasteiger partial charge on any atom is 0.224 e. The average Bonchev–Trinajstić information content (AvgIpc) is 3.15. The monoisotopic (exact) mass is 435 g/mol. The molecule has 1 heterocycles. The number of anilines is 1. The third-order valence-corrected chi connectivity index (χ3v) is 5.03. The Morgan fingerprint density at radius 1 is 1.32 bits per heavy atom. The molecule has 0 saturated heterocycles. The van der Waals surface area contributed by atoms with Crippen LogP contribution in [-0.2, 0) is 37.5 Å². The number of aromatic nitrogens is 3. The van der Waals surface area contributed by atoms with Crippen molar-refractivity contribution in [2.75, 3.05) is 5.32 Å². The van der Waals surface area contributed by atoms with Gasteiger partial charge >= 0.3 is 0 Å². The van der Waals surface area contributed by atoms with Crippen LogP contribution in [0.2, 0.25) is 0 Å². The van der Waals surface area contributed by atoms with Crippen LogP contribution in [0.4, 0.5) is 5.69 Å². The van der Waals surface area contributed by atoms with Crippen LogP contribution in [0.15, 0.2) is 35.7 Å². The number of nitrogens with one attached hydrogen (secondary N) is 1. The Hall–Kier alpha value is -0.716. The first-order chi connectivity index (χ1) is 10.7. The third-order valence-electron chi connectivity index (χ3n) is 4.00. The largest absolute Gasteiger partial charge is 0.358 e. The molecule has 1 N–H and O–H groups in total. The first-order valence-corrected chi connectivity index (χ1v) is 8.41. The number of hydrogen-bond donors (Lipinski definition) is 1.